The average Bonchev–Trinajstić information content (AvgIpc) is 3.18. The van der Waals surface area contributed by atoms with Gasteiger partial charge < -0.3 is 10.2 Å². The first-order valence-corrected chi connectivity index (χ1v) is 7.64. The van der Waals surface area contributed by atoms with Crippen LogP contribution in [0.5, 0.6) is 0 Å². The molecule has 3 rings (SSSR count). The number of pyridine rings is 1. The zero-order valence-corrected chi connectivity index (χ0v) is 11.9. The lowest BCUT2D eigenvalue weighted by molar-refractivity contribution is 0.0793. The minimum Gasteiger partial charge on any atom is -0.364 e. The number of aromatic nitrogens is 2. The van der Waals surface area contributed by atoms with Gasteiger partial charge in [0.2, 0.25) is 0 Å². The van der Waals surface area contributed by atoms with Crippen molar-refractivity contribution in [1.29, 1.82) is 0 Å². The molecular weight excluding hydrogens is 272 g/mol. The van der Waals surface area contributed by atoms with E-state index in [0.717, 1.165) is 31.6 Å². The van der Waals surface area contributed by atoms with Crippen LogP contribution in [0.4, 0.5) is 5.82 Å². The van der Waals surface area contributed by atoms with Gasteiger partial charge in [-0.1, -0.05) is 0 Å². The fourth-order valence-corrected chi connectivity index (χ4v) is 2.87. The molecule has 2 aromatic heterocycles. The van der Waals surface area contributed by atoms with E-state index in [1.54, 1.807) is 29.1 Å². The minimum atomic E-state index is 0.0661. The third-order valence-corrected chi connectivity index (χ3v) is 3.99. The van der Waals surface area contributed by atoms with Gasteiger partial charge in [0.15, 0.2) is 0 Å². The Hall–Kier alpha value is -1.95. The van der Waals surface area contributed by atoms with Crippen LogP contribution in [-0.4, -0.2) is 33.9 Å². The van der Waals surface area contributed by atoms with Gasteiger partial charge in [0, 0.05) is 24.7 Å². The van der Waals surface area contributed by atoms with Crippen molar-refractivity contribution in [1.82, 2.24) is 14.9 Å². The minimum absolute atomic E-state index is 0.0661. The van der Waals surface area contributed by atoms with Crippen LogP contribution in [0.1, 0.15) is 28.9 Å². The van der Waals surface area contributed by atoms with E-state index in [9.17, 15) is 4.79 Å². The summed E-state index contributed by atoms with van der Waals surface area (Å²) >= 11 is 1.56. The van der Waals surface area contributed by atoms with E-state index in [2.05, 4.69) is 15.3 Å². The highest BCUT2D eigenvalue weighted by Gasteiger charge is 2.22. The number of likely N-dealkylation sites (tertiary alicyclic amines) is 1. The third-order valence-electron chi connectivity index (χ3n) is 3.35. The van der Waals surface area contributed by atoms with Crippen LogP contribution in [0.3, 0.4) is 0 Å². The first-order chi connectivity index (χ1) is 9.84. The van der Waals surface area contributed by atoms with E-state index < -0.39 is 0 Å². The Kier molecular flexibility index (Phi) is 3.92. The Morgan fingerprint density at radius 1 is 1.35 bits per heavy atom. The maximum absolute atomic E-state index is 12.5. The summed E-state index contributed by atoms with van der Waals surface area (Å²) in [6.45, 7) is 2.28. The fourth-order valence-electron chi connectivity index (χ4n) is 2.31. The van der Waals surface area contributed by atoms with Crippen LogP contribution < -0.4 is 5.32 Å². The third kappa shape index (κ3) is 2.80. The number of nitrogens with one attached hydrogen (secondary N) is 1. The number of amides is 1. The molecule has 1 aliphatic heterocycles. The van der Waals surface area contributed by atoms with Gasteiger partial charge in [0.25, 0.3) is 5.91 Å². The highest BCUT2D eigenvalue weighted by molar-refractivity contribution is 7.07. The molecular formula is C14H16N4OS. The molecule has 3 heterocycles. The van der Waals surface area contributed by atoms with Crippen molar-refractivity contribution in [3.05, 3.63) is 40.5 Å². The molecule has 1 aliphatic rings. The second kappa shape index (κ2) is 6.00. The molecule has 1 fully saturated rings. The van der Waals surface area contributed by atoms with Crippen LogP contribution in [-0.2, 0) is 6.54 Å². The maximum Gasteiger partial charge on any atom is 0.257 e. The van der Waals surface area contributed by atoms with E-state index in [4.69, 9.17) is 0 Å². The van der Waals surface area contributed by atoms with Gasteiger partial charge in [-0.05, 0) is 25.0 Å². The molecule has 6 heteroatoms. The van der Waals surface area contributed by atoms with Gasteiger partial charge in [-0.15, -0.1) is 11.3 Å². The van der Waals surface area contributed by atoms with E-state index in [1.165, 1.54) is 0 Å². The van der Waals surface area contributed by atoms with E-state index in [1.807, 2.05) is 16.3 Å². The Morgan fingerprint density at radius 2 is 2.20 bits per heavy atom. The van der Waals surface area contributed by atoms with E-state index in [-0.39, 0.29) is 5.91 Å². The number of carbonyl (C=O) groups excluding carboxylic acids is 1. The van der Waals surface area contributed by atoms with Crippen LogP contribution in [0.15, 0.2) is 29.2 Å². The van der Waals surface area contributed by atoms with Crippen molar-refractivity contribution < 1.29 is 4.79 Å². The van der Waals surface area contributed by atoms with Crippen molar-refractivity contribution in [3.8, 4) is 0 Å². The summed E-state index contributed by atoms with van der Waals surface area (Å²) in [4.78, 5) is 22.9. The molecule has 0 aliphatic carbocycles. The number of thiazole rings is 1. The van der Waals surface area contributed by atoms with Crippen molar-refractivity contribution in [2.45, 2.75) is 19.4 Å². The van der Waals surface area contributed by atoms with Gasteiger partial charge in [0.05, 0.1) is 23.3 Å². The van der Waals surface area contributed by atoms with Crippen molar-refractivity contribution >= 4 is 23.1 Å². The van der Waals surface area contributed by atoms with Crippen LogP contribution >= 0.6 is 11.3 Å². The Morgan fingerprint density at radius 3 is 2.95 bits per heavy atom. The van der Waals surface area contributed by atoms with Crippen molar-refractivity contribution in [2.75, 3.05) is 18.4 Å². The molecule has 20 heavy (non-hydrogen) atoms. The molecule has 0 saturated carbocycles. The second-order valence-corrected chi connectivity index (χ2v) is 5.45. The maximum atomic E-state index is 12.5. The molecule has 104 valence electrons. The molecule has 0 radical (unpaired) electrons. The zero-order chi connectivity index (χ0) is 13.8. The lowest BCUT2D eigenvalue weighted by Crippen LogP contribution is -2.28. The first-order valence-electron chi connectivity index (χ1n) is 6.70. The molecule has 1 amide bonds. The number of anilines is 1. The summed E-state index contributed by atoms with van der Waals surface area (Å²) in [6.07, 6.45) is 3.88. The number of nitrogens with zero attached hydrogens (tertiary/aromatic N) is 3. The molecule has 1 saturated heterocycles. The fraction of sp³-hybridized carbons (Fsp3) is 0.357. The van der Waals surface area contributed by atoms with Gasteiger partial charge in [-0.3, -0.25) is 4.79 Å². The van der Waals surface area contributed by atoms with Crippen molar-refractivity contribution in [3.63, 3.8) is 0 Å². The number of rotatable bonds is 4. The largest absolute Gasteiger partial charge is 0.364 e. The van der Waals surface area contributed by atoms with Crippen molar-refractivity contribution in [2.24, 2.45) is 0 Å². The standard InChI is InChI=1S/C14H16N4OS/c19-14(18-6-1-2-7-18)12-4-3-5-15-13(12)16-8-11-9-20-10-17-11/h3-5,9-10H,1-2,6-8H2,(H,15,16). The predicted octanol–water partition coefficient (Wildman–Crippen LogP) is 2.39. The molecule has 1 N–H and O–H groups in total. The first kappa shape index (κ1) is 13.1. The molecule has 0 unspecified atom stereocenters. The van der Waals surface area contributed by atoms with Crippen LogP contribution in [0, 0.1) is 0 Å². The molecule has 2 aromatic rings. The quantitative estimate of drug-likeness (QED) is 0.938. The van der Waals surface area contributed by atoms with Crippen LogP contribution in [0.25, 0.3) is 0 Å². The number of hydrogen-bond acceptors (Lipinski definition) is 5. The summed E-state index contributed by atoms with van der Waals surface area (Å²) in [5.41, 5.74) is 3.40. The van der Waals surface area contributed by atoms with Crippen LogP contribution in [0.2, 0.25) is 0 Å². The monoisotopic (exact) mass is 288 g/mol. The second-order valence-electron chi connectivity index (χ2n) is 4.73. The summed E-state index contributed by atoms with van der Waals surface area (Å²) in [6, 6.07) is 3.63. The van der Waals surface area contributed by atoms with E-state index >= 15 is 0 Å². The van der Waals surface area contributed by atoms with Gasteiger partial charge >= 0.3 is 0 Å². The van der Waals surface area contributed by atoms with Gasteiger partial charge in [-0.2, -0.15) is 0 Å². The topological polar surface area (TPSA) is 58.1 Å². The molecule has 5 nitrogen and oxygen atoms in total. The van der Waals surface area contributed by atoms with Gasteiger partial charge in [0.1, 0.15) is 5.82 Å². The number of carbonyl (C=O) groups is 1. The molecule has 0 aromatic carbocycles. The Labute approximate surface area is 121 Å². The SMILES string of the molecule is O=C(c1cccnc1NCc1cscn1)N1CCCC1. The molecule has 0 bridgehead atoms. The lowest BCUT2D eigenvalue weighted by atomic mass is 10.2. The molecule has 0 spiro atoms. The molecule has 0 atom stereocenters. The predicted molar refractivity (Wildman–Crippen MR) is 78.8 cm³/mol. The Bertz CT molecular complexity index is 579. The normalized spacial score (nSPS) is 14.5. The highest BCUT2D eigenvalue weighted by Crippen LogP contribution is 2.18. The van der Waals surface area contributed by atoms with Gasteiger partial charge in [-0.25, -0.2) is 9.97 Å². The summed E-state index contributed by atoms with van der Waals surface area (Å²) in [5.74, 6) is 0.703. The number of hydrogen-bond donors (Lipinski definition) is 1. The Balaban J connectivity index is 1.75. The smallest absolute Gasteiger partial charge is 0.257 e. The average molecular weight is 288 g/mol. The highest BCUT2D eigenvalue weighted by atomic mass is 32.1. The summed E-state index contributed by atoms with van der Waals surface area (Å²) < 4.78 is 0. The lowest BCUT2D eigenvalue weighted by Gasteiger charge is -2.17. The van der Waals surface area contributed by atoms with E-state index in [0.29, 0.717) is 17.9 Å². The summed E-state index contributed by atoms with van der Waals surface area (Å²) in [5, 5.41) is 5.19. The zero-order valence-electron chi connectivity index (χ0n) is 11.1. The summed E-state index contributed by atoms with van der Waals surface area (Å²) in [7, 11) is 0.